The Balaban J connectivity index is 1.62. The number of thioether (sulfide) groups is 1. The van der Waals surface area contributed by atoms with Gasteiger partial charge in [0.1, 0.15) is 0 Å². The van der Waals surface area contributed by atoms with Gasteiger partial charge in [-0.3, -0.25) is 0 Å². The van der Waals surface area contributed by atoms with Crippen LogP contribution in [0, 0.1) is 0 Å². The molecule has 2 atom stereocenters. The molecule has 4 heteroatoms. The second kappa shape index (κ2) is 5.25. The zero-order valence-corrected chi connectivity index (χ0v) is 12.4. The molecule has 104 valence electrons. The van der Waals surface area contributed by atoms with Crippen LogP contribution >= 0.6 is 11.8 Å². The maximum Gasteiger partial charge on any atom is 0.231 e. The monoisotopic (exact) mass is 279 g/mol. The SMILES string of the molecule is CC1CCNC(C)(CCc2ccc3c(c2)OCO3)S1. The van der Waals surface area contributed by atoms with Gasteiger partial charge in [-0.2, -0.15) is 0 Å². The van der Waals surface area contributed by atoms with Gasteiger partial charge in [-0.25, -0.2) is 0 Å². The zero-order valence-electron chi connectivity index (χ0n) is 11.6. The molecule has 0 saturated carbocycles. The van der Waals surface area contributed by atoms with Crippen molar-refractivity contribution in [2.45, 2.75) is 43.2 Å². The lowest BCUT2D eigenvalue weighted by Crippen LogP contribution is -2.45. The van der Waals surface area contributed by atoms with Crippen LogP contribution in [0.25, 0.3) is 0 Å². The molecule has 0 bridgehead atoms. The predicted octanol–water partition coefficient (Wildman–Crippen LogP) is 3.18. The molecule has 1 saturated heterocycles. The Morgan fingerprint density at radius 1 is 1.37 bits per heavy atom. The summed E-state index contributed by atoms with van der Waals surface area (Å²) in [5.74, 6) is 1.76. The zero-order chi connectivity index (χ0) is 13.3. The second-order valence-electron chi connectivity index (χ2n) is 5.56. The number of hydrogen-bond acceptors (Lipinski definition) is 4. The van der Waals surface area contributed by atoms with E-state index >= 15 is 0 Å². The maximum absolute atomic E-state index is 5.43. The van der Waals surface area contributed by atoms with E-state index in [4.69, 9.17) is 9.47 Å². The minimum atomic E-state index is 0.202. The van der Waals surface area contributed by atoms with E-state index in [2.05, 4.69) is 43.1 Å². The van der Waals surface area contributed by atoms with Crippen LogP contribution in [0.2, 0.25) is 0 Å². The Labute approximate surface area is 119 Å². The van der Waals surface area contributed by atoms with Crippen molar-refractivity contribution in [3.8, 4) is 11.5 Å². The van der Waals surface area contributed by atoms with Gasteiger partial charge in [0.2, 0.25) is 6.79 Å². The average Bonchev–Trinajstić information content (AvgIpc) is 2.83. The molecule has 0 aromatic heterocycles. The molecule has 0 amide bonds. The first-order valence-corrected chi connectivity index (χ1v) is 7.84. The molecular formula is C15H21NO2S. The quantitative estimate of drug-likeness (QED) is 0.920. The fourth-order valence-electron chi connectivity index (χ4n) is 2.71. The topological polar surface area (TPSA) is 30.5 Å². The number of rotatable bonds is 3. The van der Waals surface area contributed by atoms with Crippen LogP contribution in [0.3, 0.4) is 0 Å². The van der Waals surface area contributed by atoms with Crippen molar-refractivity contribution < 1.29 is 9.47 Å². The molecule has 2 unspecified atom stereocenters. The molecule has 1 aromatic rings. The van der Waals surface area contributed by atoms with Crippen molar-refractivity contribution in [3.63, 3.8) is 0 Å². The molecule has 0 spiro atoms. The molecule has 2 heterocycles. The molecule has 2 aliphatic heterocycles. The first-order valence-electron chi connectivity index (χ1n) is 6.96. The van der Waals surface area contributed by atoms with Crippen molar-refractivity contribution >= 4 is 11.8 Å². The molecule has 2 aliphatic rings. The van der Waals surface area contributed by atoms with Crippen LogP contribution in [0.5, 0.6) is 11.5 Å². The van der Waals surface area contributed by atoms with Crippen molar-refractivity contribution in [1.82, 2.24) is 5.32 Å². The van der Waals surface area contributed by atoms with Gasteiger partial charge in [0.15, 0.2) is 11.5 Å². The predicted molar refractivity (Wildman–Crippen MR) is 79.0 cm³/mol. The van der Waals surface area contributed by atoms with Crippen molar-refractivity contribution in [2.75, 3.05) is 13.3 Å². The minimum Gasteiger partial charge on any atom is -0.454 e. The fourth-order valence-corrected chi connectivity index (χ4v) is 4.24. The number of aryl methyl sites for hydroxylation is 1. The van der Waals surface area contributed by atoms with Gasteiger partial charge in [-0.15, -0.1) is 11.8 Å². The van der Waals surface area contributed by atoms with Crippen LogP contribution < -0.4 is 14.8 Å². The van der Waals surface area contributed by atoms with E-state index in [-0.39, 0.29) is 4.87 Å². The number of hydrogen-bond donors (Lipinski definition) is 1. The Morgan fingerprint density at radius 3 is 3.05 bits per heavy atom. The van der Waals surface area contributed by atoms with Crippen LogP contribution in [-0.4, -0.2) is 23.5 Å². The first kappa shape index (κ1) is 13.1. The Hall–Kier alpha value is -0.870. The highest BCUT2D eigenvalue weighted by Crippen LogP contribution is 2.37. The summed E-state index contributed by atoms with van der Waals surface area (Å²) >= 11 is 2.07. The third-order valence-electron chi connectivity index (χ3n) is 3.84. The molecule has 1 aromatic carbocycles. The maximum atomic E-state index is 5.43. The lowest BCUT2D eigenvalue weighted by Gasteiger charge is -2.37. The normalized spacial score (nSPS) is 29.5. The Bertz CT molecular complexity index is 465. The van der Waals surface area contributed by atoms with Gasteiger partial charge in [-0.05, 0) is 50.4 Å². The van der Waals surface area contributed by atoms with E-state index in [1.165, 1.54) is 12.0 Å². The van der Waals surface area contributed by atoms with Crippen molar-refractivity contribution in [1.29, 1.82) is 0 Å². The molecule has 1 fully saturated rings. The van der Waals surface area contributed by atoms with E-state index in [1.54, 1.807) is 0 Å². The number of nitrogens with one attached hydrogen (secondary N) is 1. The van der Waals surface area contributed by atoms with E-state index < -0.39 is 0 Å². The highest BCUT2D eigenvalue weighted by atomic mass is 32.2. The molecule has 0 radical (unpaired) electrons. The van der Waals surface area contributed by atoms with Gasteiger partial charge in [-0.1, -0.05) is 13.0 Å². The minimum absolute atomic E-state index is 0.202. The molecule has 1 N–H and O–H groups in total. The Kier molecular flexibility index (Phi) is 3.63. The van der Waals surface area contributed by atoms with Crippen molar-refractivity contribution in [3.05, 3.63) is 23.8 Å². The third kappa shape index (κ3) is 3.00. The largest absolute Gasteiger partial charge is 0.454 e. The number of fused-ring (bicyclic) bond motifs is 1. The van der Waals surface area contributed by atoms with E-state index in [0.717, 1.165) is 36.1 Å². The highest BCUT2D eigenvalue weighted by Gasteiger charge is 2.30. The smallest absolute Gasteiger partial charge is 0.231 e. The molecule has 3 nitrogen and oxygen atoms in total. The summed E-state index contributed by atoms with van der Waals surface area (Å²) in [5.41, 5.74) is 1.33. The molecule has 19 heavy (non-hydrogen) atoms. The number of ether oxygens (including phenoxy) is 2. The van der Waals surface area contributed by atoms with E-state index in [9.17, 15) is 0 Å². The standard InChI is InChI=1S/C15H21NO2S/c1-11-6-8-16-15(2,19-11)7-5-12-3-4-13-14(9-12)18-10-17-13/h3-4,9,11,16H,5-8,10H2,1-2H3. The summed E-state index contributed by atoms with van der Waals surface area (Å²) in [7, 11) is 0. The summed E-state index contributed by atoms with van der Waals surface area (Å²) in [6.07, 6.45) is 3.48. The molecular weight excluding hydrogens is 258 g/mol. The van der Waals surface area contributed by atoms with Gasteiger partial charge in [0, 0.05) is 5.25 Å². The van der Waals surface area contributed by atoms with Crippen LogP contribution in [0.15, 0.2) is 18.2 Å². The summed E-state index contributed by atoms with van der Waals surface area (Å²) < 4.78 is 10.8. The highest BCUT2D eigenvalue weighted by molar-refractivity contribution is 8.01. The summed E-state index contributed by atoms with van der Waals surface area (Å²) in [6, 6.07) is 6.28. The Morgan fingerprint density at radius 2 is 2.21 bits per heavy atom. The van der Waals surface area contributed by atoms with Crippen LogP contribution in [0.1, 0.15) is 32.3 Å². The summed E-state index contributed by atoms with van der Waals surface area (Å²) in [5, 5.41) is 4.41. The van der Waals surface area contributed by atoms with Crippen LogP contribution in [0.4, 0.5) is 0 Å². The summed E-state index contributed by atoms with van der Waals surface area (Å²) in [6.45, 7) is 6.13. The number of benzene rings is 1. The molecule has 0 aliphatic carbocycles. The third-order valence-corrected chi connectivity index (χ3v) is 5.35. The average molecular weight is 279 g/mol. The molecule has 3 rings (SSSR count). The second-order valence-corrected chi connectivity index (χ2v) is 7.50. The van der Waals surface area contributed by atoms with E-state index in [0.29, 0.717) is 6.79 Å². The van der Waals surface area contributed by atoms with Crippen molar-refractivity contribution in [2.24, 2.45) is 0 Å². The van der Waals surface area contributed by atoms with Gasteiger partial charge < -0.3 is 14.8 Å². The van der Waals surface area contributed by atoms with Gasteiger partial charge in [0.25, 0.3) is 0 Å². The lowest BCUT2D eigenvalue weighted by atomic mass is 10.0. The van der Waals surface area contributed by atoms with Gasteiger partial charge >= 0.3 is 0 Å². The fraction of sp³-hybridized carbons (Fsp3) is 0.600. The first-order chi connectivity index (χ1) is 9.15. The van der Waals surface area contributed by atoms with Gasteiger partial charge in [0.05, 0.1) is 4.87 Å². The van der Waals surface area contributed by atoms with Crippen LogP contribution in [-0.2, 0) is 6.42 Å². The summed E-state index contributed by atoms with van der Waals surface area (Å²) in [4.78, 5) is 0.202. The van der Waals surface area contributed by atoms with E-state index in [1.807, 2.05) is 6.07 Å². The lowest BCUT2D eigenvalue weighted by molar-refractivity contribution is 0.174.